The Morgan fingerprint density at radius 1 is 1.26 bits per heavy atom. The smallest absolute Gasteiger partial charge is 0.315 e. The van der Waals surface area contributed by atoms with E-state index in [4.69, 9.17) is 4.74 Å². The molecule has 0 heterocycles. The molecular weight excluding hydrogens is 344 g/mol. The van der Waals surface area contributed by atoms with Gasteiger partial charge in [-0.3, -0.25) is 10.1 Å². The lowest BCUT2D eigenvalue weighted by Gasteiger charge is -2.09. The summed E-state index contributed by atoms with van der Waals surface area (Å²) < 4.78 is 5.29. The van der Waals surface area contributed by atoms with Crippen LogP contribution in [0.2, 0.25) is 0 Å². The maximum absolute atomic E-state index is 11.2. The Hall–Kier alpha value is -3.85. The summed E-state index contributed by atoms with van der Waals surface area (Å²) in [4.78, 5) is 10.6. The second-order valence-electron chi connectivity index (χ2n) is 5.77. The molecule has 0 bridgehead atoms. The summed E-state index contributed by atoms with van der Waals surface area (Å²) in [6, 6.07) is 18.2. The molecule has 0 amide bonds. The molecular formula is C21H16N2O4. The van der Waals surface area contributed by atoms with Gasteiger partial charge in [0.25, 0.3) is 0 Å². The SMILES string of the molecule is CCOc1cc(/C=C(\C#N)c2cccc3ccccc23)cc([N+](=O)[O-])c1O. The van der Waals surface area contributed by atoms with Gasteiger partial charge in [-0.15, -0.1) is 0 Å². The quantitative estimate of drug-likeness (QED) is 0.302. The highest BCUT2D eigenvalue weighted by Gasteiger charge is 2.20. The molecule has 0 aliphatic carbocycles. The monoisotopic (exact) mass is 360 g/mol. The van der Waals surface area contributed by atoms with E-state index in [1.54, 1.807) is 13.0 Å². The van der Waals surface area contributed by atoms with Crippen molar-refractivity contribution in [2.45, 2.75) is 6.92 Å². The van der Waals surface area contributed by atoms with E-state index in [0.29, 0.717) is 11.1 Å². The van der Waals surface area contributed by atoms with Crippen LogP contribution < -0.4 is 4.74 Å². The number of nitriles is 1. The summed E-state index contributed by atoms with van der Waals surface area (Å²) in [5, 5.41) is 32.8. The van der Waals surface area contributed by atoms with Crippen molar-refractivity contribution < 1.29 is 14.8 Å². The second-order valence-corrected chi connectivity index (χ2v) is 5.77. The lowest BCUT2D eigenvalue weighted by atomic mass is 9.97. The van der Waals surface area contributed by atoms with Crippen LogP contribution >= 0.6 is 0 Å². The molecule has 0 saturated heterocycles. The lowest BCUT2D eigenvalue weighted by molar-refractivity contribution is -0.386. The third kappa shape index (κ3) is 3.58. The first-order chi connectivity index (χ1) is 13.0. The van der Waals surface area contributed by atoms with Crippen LogP contribution in [0.15, 0.2) is 54.6 Å². The van der Waals surface area contributed by atoms with Gasteiger partial charge < -0.3 is 9.84 Å². The predicted molar refractivity (Wildman–Crippen MR) is 103 cm³/mol. The van der Waals surface area contributed by atoms with Crippen LogP contribution in [-0.2, 0) is 0 Å². The van der Waals surface area contributed by atoms with Gasteiger partial charge in [0.2, 0.25) is 5.75 Å². The number of ether oxygens (including phenoxy) is 1. The van der Waals surface area contributed by atoms with Crippen LogP contribution in [0, 0.1) is 21.4 Å². The van der Waals surface area contributed by atoms with Crippen LogP contribution in [0.25, 0.3) is 22.4 Å². The van der Waals surface area contributed by atoms with Crippen molar-refractivity contribution in [1.29, 1.82) is 5.26 Å². The first-order valence-electron chi connectivity index (χ1n) is 8.29. The van der Waals surface area contributed by atoms with Crippen LogP contribution in [-0.4, -0.2) is 16.6 Å². The zero-order chi connectivity index (χ0) is 19.4. The fraction of sp³-hybridized carbons (Fsp3) is 0.0952. The molecule has 0 saturated carbocycles. The lowest BCUT2D eigenvalue weighted by Crippen LogP contribution is -1.96. The Balaban J connectivity index is 2.19. The van der Waals surface area contributed by atoms with Gasteiger partial charge in [-0.2, -0.15) is 5.26 Å². The Bertz CT molecular complexity index is 1090. The number of fused-ring (bicyclic) bond motifs is 1. The van der Waals surface area contributed by atoms with Crippen molar-refractivity contribution in [3.63, 3.8) is 0 Å². The van der Waals surface area contributed by atoms with Crippen molar-refractivity contribution in [3.05, 3.63) is 75.8 Å². The van der Waals surface area contributed by atoms with E-state index in [0.717, 1.165) is 16.3 Å². The van der Waals surface area contributed by atoms with E-state index >= 15 is 0 Å². The first-order valence-corrected chi connectivity index (χ1v) is 8.29. The standard InChI is InChI=1S/C21H16N2O4/c1-2-27-20-12-14(11-19(21(20)24)23(25)26)10-16(13-22)18-9-5-7-15-6-3-4-8-17(15)18/h3-12,24H,2H2,1H3/b16-10+. The molecule has 6 nitrogen and oxygen atoms in total. The number of nitro benzene ring substituents is 1. The molecule has 27 heavy (non-hydrogen) atoms. The fourth-order valence-corrected chi connectivity index (χ4v) is 2.90. The zero-order valence-corrected chi connectivity index (χ0v) is 14.5. The minimum Gasteiger partial charge on any atom is -0.500 e. The number of benzene rings is 3. The summed E-state index contributed by atoms with van der Waals surface area (Å²) >= 11 is 0. The first kappa shape index (κ1) is 18.0. The maximum atomic E-state index is 11.2. The van der Waals surface area contributed by atoms with Gasteiger partial charge in [0, 0.05) is 11.6 Å². The van der Waals surface area contributed by atoms with Gasteiger partial charge in [0.05, 0.1) is 23.2 Å². The molecule has 3 aromatic rings. The molecule has 0 unspecified atom stereocenters. The third-order valence-electron chi connectivity index (χ3n) is 4.08. The highest BCUT2D eigenvalue weighted by Crippen LogP contribution is 2.38. The molecule has 0 aliphatic heterocycles. The Morgan fingerprint density at radius 3 is 2.70 bits per heavy atom. The van der Waals surface area contributed by atoms with Crippen molar-refractivity contribution in [3.8, 4) is 17.6 Å². The number of allylic oxidation sites excluding steroid dienone is 1. The maximum Gasteiger partial charge on any atom is 0.315 e. The van der Waals surface area contributed by atoms with Crippen molar-refractivity contribution >= 4 is 28.1 Å². The van der Waals surface area contributed by atoms with E-state index in [-0.39, 0.29) is 12.4 Å². The molecule has 0 aromatic heterocycles. The number of nitrogens with zero attached hydrogens (tertiary/aromatic N) is 2. The van der Waals surface area contributed by atoms with Gasteiger partial charge in [0.1, 0.15) is 0 Å². The molecule has 3 rings (SSSR count). The van der Waals surface area contributed by atoms with Crippen LogP contribution in [0.5, 0.6) is 11.5 Å². The third-order valence-corrected chi connectivity index (χ3v) is 4.08. The van der Waals surface area contributed by atoms with Crippen molar-refractivity contribution in [2.24, 2.45) is 0 Å². The van der Waals surface area contributed by atoms with E-state index < -0.39 is 16.4 Å². The van der Waals surface area contributed by atoms with Crippen molar-refractivity contribution in [2.75, 3.05) is 6.61 Å². The fourth-order valence-electron chi connectivity index (χ4n) is 2.90. The largest absolute Gasteiger partial charge is 0.500 e. The zero-order valence-electron chi connectivity index (χ0n) is 14.5. The second kappa shape index (κ2) is 7.58. The minimum atomic E-state index is -0.681. The molecule has 0 fully saturated rings. The molecule has 0 spiro atoms. The van der Waals surface area contributed by atoms with Gasteiger partial charge in [-0.05, 0) is 35.4 Å². The van der Waals surface area contributed by atoms with Crippen LogP contribution in [0.3, 0.4) is 0 Å². The average Bonchev–Trinajstić information content (AvgIpc) is 2.68. The van der Waals surface area contributed by atoms with Gasteiger partial charge in [-0.1, -0.05) is 42.5 Å². The number of phenols is 1. The average molecular weight is 360 g/mol. The summed E-state index contributed by atoms with van der Waals surface area (Å²) in [7, 11) is 0. The Labute approximate surface area is 155 Å². The minimum absolute atomic E-state index is 0.00756. The summed E-state index contributed by atoms with van der Waals surface area (Å²) in [6.45, 7) is 1.96. The molecule has 1 N–H and O–H groups in total. The predicted octanol–water partition coefficient (Wildman–Crippen LogP) is 4.92. The van der Waals surface area contributed by atoms with E-state index in [1.807, 2.05) is 42.5 Å². The van der Waals surface area contributed by atoms with E-state index in [1.165, 1.54) is 12.1 Å². The molecule has 0 atom stereocenters. The summed E-state index contributed by atoms with van der Waals surface area (Å²) in [5.41, 5.74) is 1.01. The molecule has 0 radical (unpaired) electrons. The molecule has 6 heteroatoms. The van der Waals surface area contributed by atoms with Crippen LogP contribution in [0.4, 0.5) is 5.69 Å². The number of phenolic OH excluding ortho intramolecular Hbond substituents is 1. The van der Waals surface area contributed by atoms with E-state index in [9.17, 15) is 20.5 Å². The molecule has 134 valence electrons. The van der Waals surface area contributed by atoms with Gasteiger partial charge >= 0.3 is 5.69 Å². The van der Waals surface area contributed by atoms with E-state index in [2.05, 4.69) is 6.07 Å². The number of aromatic hydroxyl groups is 1. The van der Waals surface area contributed by atoms with Crippen LogP contribution in [0.1, 0.15) is 18.1 Å². The highest BCUT2D eigenvalue weighted by atomic mass is 16.6. The number of hydrogen-bond donors (Lipinski definition) is 1. The summed E-state index contributed by atoms with van der Waals surface area (Å²) in [6.07, 6.45) is 1.55. The normalized spacial score (nSPS) is 11.2. The number of nitro groups is 1. The Morgan fingerprint density at radius 2 is 2.00 bits per heavy atom. The number of hydrogen-bond acceptors (Lipinski definition) is 5. The summed E-state index contributed by atoms with van der Waals surface area (Å²) in [5.74, 6) is -0.518. The highest BCUT2D eigenvalue weighted by molar-refractivity contribution is 6.01. The number of rotatable bonds is 5. The van der Waals surface area contributed by atoms with Crippen molar-refractivity contribution in [1.82, 2.24) is 0 Å². The molecule has 0 aliphatic rings. The topological polar surface area (TPSA) is 96.4 Å². The Kier molecular flexibility index (Phi) is 5.04. The van der Waals surface area contributed by atoms with Gasteiger partial charge in [0.15, 0.2) is 5.75 Å². The molecule has 3 aromatic carbocycles. The van der Waals surface area contributed by atoms with Gasteiger partial charge in [-0.25, -0.2) is 0 Å².